The van der Waals surface area contributed by atoms with Crippen LogP contribution < -0.4 is 15.2 Å². The molecule has 0 radical (unpaired) electrons. The van der Waals surface area contributed by atoms with Crippen LogP contribution in [0.15, 0.2) is 34.3 Å². The van der Waals surface area contributed by atoms with E-state index in [9.17, 15) is 21.6 Å². The Morgan fingerprint density at radius 3 is 2.72 bits per heavy atom. The number of alkyl halides is 3. The molecule has 15 heteroatoms. The Hall–Kier alpha value is -2.78. The molecule has 36 heavy (non-hydrogen) atoms. The number of nitrogens with two attached hydrogens (primary N) is 1. The summed E-state index contributed by atoms with van der Waals surface area (Å²) in [4.78, 5) is 4.64. The summed E-state index contributed by atoms with van der Waals surface area (Å²) in [6.07, 6.45) is -1.92. The molecule has 3 N–H and O–H groups in total. The Labute approximate surface area is 210 Å². The molecule has 1 aromatic carbocycles. The van der Waals surface area contributed by atoms with Crippen LogP contribution in [0.25, 0.3) is 0 Å². The number of aromatic nitrogens is 2. The van der Waals surface area contributed by atoms with Gasteiger partial charge in [0.15, 0.2) is 0 Å². The van der Waals surface area contributed by atoms with Gasteiger partial charge in [0.2, 0.25) is 5.11 Å². The van der Waals surface area contributed by atoms with Crippen molar-refractivity contribution in [3.8, 4) is 5.75 Å². The summed E-state index contributed by atoms with van der Waals surface area (Å²) in [6.45, 7) is 0.280. The monoisotopic (exact) mass is 548 g/mol. The van der Waals surface area contributed by atoms with E-state index in [4.69, 9.17) is 22.7 Å². The minimum absolute atomic E-state index is 0.109. The van der Waals surface area contributed by atoms with E-state index in [-0.39, 0.29) is 31.7 Å². The van der Waals surface area contributed by atoms with Crippen LogP contribution in [-0.2, 0) is 17.1 Å². The van der Waals surface area contributed by atoms with E-state index in [0.29, 0.717) is 17.7 Å². The number of nitrogens with zero attached hydrogens (tertiary/aromatic N) is 4. The third-order valence-corrected chi connectivity index (χ3v) is 8.17. The third-order valence-electron chi connectivity index (χ3n) is 6.48. The second-order valence-corrected chi connectivity index (χ2v) is 10.6. The predicted molar refractivity (Wildman–Crippen MR) is 126 cm³/mol. The summed E-state index contributed by atoms with van der Waals surface area (Å²) in [7, 11) is -2.77. The van der Waals surface area contributed by atoms with Crippen molar-refractivity contribution in [1.82, 2.24) is 19.4 Å². The van der Waals surface area contributed by atoms with Gasteiger partial charge in [-0.1, -0.05) is 0 Å². The Morgan fingerprint density at radius 1 is 1.33 bits per heavy atom. The minimum Gasteiger partial charge on any atom is -0.493 e. The first-order valence-electron chi connectivity index (χ1n) is 11.0. The first-order chi connectivity index (χ1) is 16.9. The number of aliphatic imine (C=N–C) groups is 1. The molecule has 0 spiro atoms. The van der Waals surface area contributed by atoms with Crippen molar-refractivity contribution >= 4 is 33.7 Å². The summed E-state index contributed by atoms with van der Waals surface area (Å²) in [5, 5.41) is 3.64. The van der Waals surface area contributed by atoms with Crippen molar-refractivity contribution in [2.45, 2.75) is 42.4 Å². The summed E-state index contributed by atoms with van der Waals surface area (Å²) >= 11 is 4.75. The van der Waals surface area contributed by atoms with Crippen LogP contribution in [0.4, 0.5) is 17.6 Å². The van der Waals surface area contributed by atoms with Gasteiger partial charge in [-0.25, -0.2) is 17.8 Å². The van der Waals surface area contributed by atoms with E-state index in [1.165, 1.54) is 10.9 Å². The number of benzene rings is 1. The van der Waals surface area contributed by atoms with Crippen LogP contribution in [0.1, 0.15) is 42.6 Å². The van der Waals surface area contributed by atoms with Crippen LogP contribution in [-0.4, -0.2) is 53.9 Å². The number of piperidine rings is 1. The van der Waals surface area contributed by atoms with Gasteiger partial charge in [0, 0.05) is 43.9 Å². The molecule has 196 valence electrons. The minimum atomic E-state index is -4.43. The van der Waals surface area contributed by atoms with Gasteiger partial charge in [0.1, 0.15) is 16.5 Å². The van der Waals surface area contributed by atoms with Gasteiger partial charge in [-0.15, -0.1) is 0 Å². The van der Waals surface area contributed by atoms with Crippen LogP contribution in [0, 0.1) is 11.7 Å². The molecule has 9 nitrogen and oxygen atoms in total. The fourth-order valence-electron chi connectivity index (χ4n) is 4.84. The third kappa shape index (κ3) is 5.18. The predicted octanol–water partition coefficient (Wildman–Crippen LogP) is 2.95. The number of hydrogen-bond donors (Lipinski definition) is 2. The van der Waals surface area contributed by atoms with Gasteiger partial charge in [-0.3, -0.25) is 14.3 Å². The number of aryl methyl sites for hydroxylation is 1. The van der Waals surface area contributed by atoms with Gasteiger partial charge in [-0.05, 0) is 37.2 Å². The number of thiocarbonyl (C=S) groups is 1. The molecule has 1 fully saturated rings. The Balaban J connectivity index is 1.71. The average Bonchev–Trinajstić information content (AvgIpc) is 3.22. The van der Waals surface area contributed by atoms with Gasteiger partial charge in [0.25, 0.3) is 10.0 Å². The summed E-state index contributed by atoms with van der Waals surface area (Å²) < 4.78 is 90.4. The van der Waals surface area contributed by atoms with Crippen molar-refractivity contribution in [2.24, 2.45) is 23.7 Å². The average molecular weight is 549 g/mol. The second-order valence-electron chi connectivity index (χ2n) is 8.56. The fourth-order valence-corrected chi connectivity index (χ4v) is 6.20. The molecule has 3 atom stereocenters. The molecule has 4 rings (SSSR count). The van der Waals surface area contributed by atoms with Gasteiger partial charge < -0.3 is 10.5 Å². The van der Waals surface area contributed by atoms with Gasteiger partial charge in [-0.2, -0.15) is 18.3 Å². The molecule has 0 saturated carbocycles. The highest BCUT2D eigenvalue weighted by atomic mass is 32.2. The van der Waals surface area contributed by atoms with Crippen LogP contribution in [0.2, 0.25) is 0 Å². The maximum atomic E-state index is 15.1. The molecular formula is C21H24F4N6O3S2. The molecule has 2 aliphatic heterocycles. The quantitative estimate of drug-likeness (QED) is 0.261. The van der Waals surface area contributed by atoms with Gasteiger partial charge in [0.05, 0.1) is 30.6 Å². The Bertz CT molecular complexity index is 1280. The van der Waals surface area contributed by atoms with Crippen molar-refractivity contribution < 1.29 is 30.7 Å². The number of likely N-dealkylation sites (tertiary alicyclic amines) is 1. The highest BCUT2D eigenvalue weighted by Crippen LogP contribution is 2.48. The Morgan fingerprint density at radius 2 is 2.08 bits per heavy atom. The lowest BCUT2D eigenvalue weighted by Gasteiger charge is -2.45. The molecule has 2 aliphatic rings. The van der Waals surface area contributed by atoms with E-state index in [2.05, 4.69) is 10.1 Å². The molecule has 0 amide bonds. The highest BCUT2D eigenvalue weighted by Gasteiger charge is 2.47. The van der Waals surface area contributed by atoms with Gasteiger partial charge >= 0.3 is 6.18 Å². The highest BCUT2D eigenvalue weighted by molar-refractivity contribution is 7.91. The number of ether oxygens (including phenoxy) is 1. The van der Waals surface area contributed by atoms with E-state index >= 15 is 4.39 Å². The lowest BCUT2D eigenvalue weighted by Crippen LogP contribution is -2.44. The first-order valence-corrected chi connectivity index (χ1v) is 12.9. The lowest BCUT2D eigenvalue weighted by atomic mass is 9.85. The first kappa shape index (κ1) is 26.3. The standard InChI is InChI=1S/C21H24F4N6O3S2/c1-30-16(2-5-28-30)17-8-12(21(23,24)25)3-6-31(17)15-4-7-34-18-10-19(14(22)9-13(15)18)36(32,33)29-20(35)27-11-26/h2,5,9-12,15,17H,3-4,6-8H2,1H3,(H3,26,27,29,35)/t12-,15-,17+/m0/s1. The molecule has 1 saturated heterocycles. The van der Waals surface area contributed by atoms with E-state index in [1.54, 1.807) is 13.1 Å². The number of halogens is 4. The molecule has 0 aliphatic carbocycles. The molecule has 0 bridgehead atoms. The number of nitrogens with one attached hydrogen (secondary N) is 1. The lowest BCUT2D eigenvalue weighted by molar-refractivity contribution is -0.192. The summed E-state index contributed by atoms with van der Waals surface area (Å²) in [6, 6.07) is 2.65. The largest absolute Gasteiger partial charge is 0.493 e. The van der Waals surface area contributed by atoms with Crippen molar-refractivity contribution in [1.29, 1.82) is 0 Å². The molecule has 0 unspecified atom stereocenters. The number of rotatable bonds is 4. The molecule has 3 heterocycles. The zero-order valence-electron chi connectivity index (χ0n) is 19.1. The zero-order chi connectivity index (χ0) is 26.3. The smallest absolute Gasteiger partial charge is 0.391 e. The van der Waals surface area contributed by atoms with Crippen molar-refractivity contribution in [3.05, 3.63) is 41.5 Å². The maximum absolute atomic E-state index is 15.1. The van der Waals surface area contributed by atoms with Crippen molar-refractivity contribution in [2.75, 3.05) is 13.2 Å². The van der Waals surface area contributed by atoms with Crippen LogP contribution >= 0.6 is 12.2 Å². The molecule has 1 aromatic heterocycles. The fraction of sp³-hybridized carbons (Fsp3) is 0.476. The summed E-state index contributed by atoms with van der Waals surface area (Å²) in [5.74, 6) is -2.41. The van der Waals surface area contributed by atoms with Crippen LogP contribution in [0.3, 0.4) is 0 Å². The van der Waals surface area contributed by atoms with Crippen molar-refractivity contribution in [3.63, 3.8) is 0 Å². The van der Waals surface area contributed by atoms with Crippen LogP contribution in [0.5, 0.6) is 5.75 Å². The second kappa shape index (κ2) is 9.94. The zero-order valence-corrected chi connectivity index (χ0v) is 20.7. The molecular weight excluding hydrogens is 524 g/mol. The summed E-state index contributed by atoms with van der Waals surface area (Å²) in [5.41, 5.74) is 6.07. The topological polar surface area (TPSA) is 115 Å². The number of hydrogen-bond acceptors (Lipinski definition) is 6. The number of fused-ring (bicyclic) bond motifs is 1. The van der Waals surface area contributed by atoms with E-state index < -0.39 is 50.0 Å². The van der Waals surface area contributed by atoms with E-state index in [0.717, 1.165) is 18.5 Å². The molecule has 2 aromatic rings. The maximum Gasteiger partial charge on any atom is 0.391 e. The van der Waals surface area contributed by atoms with E-state index in [1.807, 2.05) is 9.62 Å². The number of sulfonamides is 1. The Kier molecular flexibility index (Phi) is 7.26. The normalized spacial score (nSPS) is 23.3. The SMILES string of the molecule is Cn1nccc1[C@H]1C[C@@H](C(F)(F)F)CCN1[C@H]1CCOc2cc(S(=O)(=O)NC(=S)/N=C\N)c(F)cc21.